The number of hydrogen-bond donors (Lipinski definition) is 2. The van der Waals surface area contributed by atoms with Crippen LogP contribution in [0.5, 0.6) is 0 Å². The number of benzene rings is 2. The summed E-state index contributed by atoms with van der Waals surface area (Å²) in [5, 5.41) is 22.3. The van der Waals surface area contributed by atoms with Crippen LogP contribution in [0.25, 0.3) is 5.69 Å². The van der Waals surface area contributed by atoms with Crippen molar-refractivity contribution >= 4 is 11.7 Å². The molecule has 160 valence electrons. The highest BCUT2D eigenvalue weighted by Crippen LogP contribution is 2.26. The van der Waals surface area contributed by atoms with Crippen LogP contribution in [0, 0.1) is 19.3 Å². The predicted octanol–water partition coefficient (Wildman–Crippen LogP) is 5.43. The van der Waals surface area contributed by atoms with Gasteiger partial charge in [-0.05, 0) is 49.9 Å². The van der Waals surface area contributed by atoms with E-state index in [4.69, 9.17) is 15.6 Å². The molecule has 0 fully saturated rings. The number of hydrogen-bond acceptors (Lipinski definition) is 3. The number of aryl methyl sites for hydroxylation is 1. The molecule has 0 spiro atoms. The third-order valence-corrected chi connectivity index (χ3v) is 5.63. The van der Waals surface area contributed by atoms with Crippen LogP contribution in [0.15, 0.2) is 66.7 Å². The lowest BCUT2D eigenvalue weighted by molar-refractivity contribution is -0.131. The second-order valence-electron chi connectivity index (χ2n) is 7.75. The summed E-state index contributed by atoms with van der Waals surface area (Å²) < 4.78 is 1.96. The van der Waals surface area contributed by atoms with Gasteiger partial charge in [-0.2, -0.15) is 5.10 Å². The standard InChI is InChI=1S/C26H29N3O2/c1-4-23(21-15-13-20(14-16-21)9-8-12-26(30)31)25(27)17-24-18(2)28-29(19(24)3)22-10-6-5-7-11-22/h5-8,10-16,23,27H,4,9,17H2,1-3H3,(H,30,31)/b12-8+,27-25?/t23-/m0/s1. The highest BCUT2D eigenvalue weighted by atomic mass is 16.4. The third kappa shape index (κ3) is 5.37. The summed E-state index contributed by atoms with van der Waals surface area (Å²) in [4.78, 5) is 10.6. The van der Waals surface area contributed by atoms with Crippen LogP contribution < -0.4 is 0 Å². The topological polar surface area (TPSA) is 79.0 Å². The molecule has 31 heavy (non-hydrogen) atoms. The molecule has 5 nitrogen and oxygen atoms in total. The first kappa shape index (κ1) is 22.2. The van der Waals surface area contributed by atoms with E-state index in [0.717, 1.165) is 40.2 Å². The molecule has 0 saturated heterocycles. The lowest BCUT2D eigenvalue weighted by atomic mass is 9.87. The normalized spacial score (nSPS) is 12.2. The van der Waals surface area contributed by atoms with E-state index in [0.29, 0.717) is 18.6 Å². The Morgan fingerprint density at radius 1 is 1.13 bits per heavy atom. The fourth-order valence-corrected chi connectivity index (χ4v) is 3.93. The molecule has 0 aliphatic carbocycles. The van der Waals surface area contributed by atoms with Gasteiger partial charge in [0.25, 0.3) is 0 Å². The van der Waals surface area contributed by atoms with E-state index in [-0.39, 0.29) is 5.92 Å². The van der Waals surface area contributed by atoms with Gasteiger partial charge in [-0.15, -0.1) is 0 Å². The molecule has 2 N–H and O–H groups in total. The van der Waals surface area contributed by atoms with Gasteiger partial charge in [-0.25, -0.2) is 9.48 Å². The van der Waals surface area contributed by atoms with Crippen molar-refractivity contribution in [2.75, 3.05) is 0 Å². The third-order valence-electron chi connectivity index (χ3n) is 5.63. The van der Waals surface area contributed by atoms with Gasteiger partial charge in [0.1, 0.15) is 0 Å². The molecule has 3 rings (SSSR count). The van der Waals surface area contributed by atoms with Gasteiger partial charge in [-0.1, -0.05) is 55.5 Å². The smallest absolute Gasteiger partial charge is 0.327 e. The Morgan fingerprint density at radius 3 is 2.42 bits per heavy atom. The molecule has 1 atom stereocenters. The maximum atomic E-state index is 10.6. The number of aliphatic carboxylic acids is 1. The zero-order valence-electron chi connectivity index (χ0n) is 18.3. The van der Waals surface area contributed by atoms with Gasteiger partial charge in [0.2, 0.25) is 0 Å². The number of nitrogens with zero attached hydrogens (tertiary/aromatic N) is 2. The van der Waals surface area contributed by atoms with Gasteiger partial charge in [0.05, 0.1) is 11.4 Å². The van der Waals surface area contributed by atoms with Gasteiger partial charge in [0.15, 0.2) is 0 Å². The highest BCUT2D eigenvalue weighted by molar-refractivity contribution is 5.90. The zero-order valence-corrected chi connectivity index (χ0v) is 18.3. The molecule has 0 saturated carbocycles. The second kappa shape index (κ2) is 10.0. The van der Waals surface area contributed by atoms with E-state index in [1.165, 1.54) is 6.08 Å². The predicted molar refractivity (Wildman–Crippen MR) is 124 cm³/mol. The zero-order chi connectivity index (χ0) is 22.4. The minimum atomic E-state index is -0.933. The molecule has 1 aromatic heterocycles. The number of nitrogens with one attached hydrogen (secondary N) is 1. The minimum absolute atomic E-state index is 0.0440. The molecular weight excluding hydrogens is 386 g/mol. The van der Waals surface area contributed by atoms with Crippen LogP contribution in [-0.4, -0.2) is 26.6 Å². The Hall–Kier alpha value is -3.47. The first-order chi connectivity index (χ1) is 14.9. The molecule has 0 amide bonds. The van der Waals surface area contributed by atoms with Gasteiger partial charge < -0.3 is 10.5 Å². The minimum Gasteiger partial charge on any atom is -0.478 e. The molecule has 0 bridgehead atoms. The van der Waals surface area contributed by atoms with E-state index in [9.17, 15) is 4.79 Å². The number of para-hydroxylation sites is 1. The first-order valence-electron chi connectivity index (χ1n) is 10.6. The molecule has 3 aromatic rings. The van der Waals surface area contributed by atoms with Crippen molar-refractivity contribution in [2.45, 2.75) is 46.0 Å². The maximum absolute atomic E-state index is 10.6. The Labute approximate surface area is 183 Å². The number of carboxylic acid groups (broad SMARTS) is 1. The Kier molecular flexibility index (Phi) is 7.19. The Morgan fingerprint density at radius 2 is 1.81 bits per heavy atom. The molecule has 0 aliphatic heterocycles. The molecule has 0 radical (unpaired) electrons. The Balaban J connectivity index is 1.76. The lowest BCUT2D eigenvalue weighted by Gasteiger charge is -2.18. The van der Waals surface area contributed by atoms with Gasteiger partial charge in [0, 0.05) is 35.4 Å². The second-order valence-corrected chi connectivity index (χ2v) is 7.75. The highest BCUT2D eigenvalue weighted by Gasteiger charge is 2.20. The van der Waals surface area contributed by atoms with E-state index in [1.54, 1.807) is 6.08 Å². The fraction of sp³-hybridized carbons (Fsp3) is 0.269. The van der Waals surface area contributed by atoms with Crippen molar-refractivity contribution in [2.24, 2.45) is 0 Å². The van der Waals surface area contributed by atoms with Crippen molar-refractivity contribution in [3.63, 3.8) is 0 Å². The maximum Gasteiger partial charge on any atom is 0.327 e. The number of carbonyl (C=O) groups is 1. The molecule has 0 aliphatic rings. The van der Waals surface area contributed by atoms with Crippen molar-refractivity contribution in [3.05, 3.63) is 94.8 Å². The number of allylic oxidation sites excluding steroid dienone is 1. The van der Waals surface area contributed by atoms with Crippen LogP contribution in [0.3, 0.4) is 0 Å². The average Bonchev–Trinajstić information content (AvgIpc) is 3.04. The summed E-state index contributed by atoms with van der Waals surface area (Å²) in [6.45, 7) is 6.18. The van der Waals surface area contributed by atoms with Crippen LogP contribution in [0.2, 0.25) is 0 Å². The largest absolute Gasteiger partial charge is 0.478 e. The summed E-state index contributed by atoms with van der Waals surface area (Å²) >= 11 is 0. The van der Waals surface area contributed by atoms with Crippen LogP contribution in [0.1, 0.15) is 47.3 Å². The fourth-order valence-electron chi connectivity index (χ4n) is 3.93. The summed E-state index contributed by atoms with van der Waals surface area (Å²) in [5.74, 6) is -0.889. The van der Waals surface area contributed by atoms with E-state index in [2.05, 4.69) is 26.0 Å². The van der Waals surface area contributed by atoms with Crippen LogP contribution in [-0.2, 0) is 17.6 Å². The SMILES string of the molecule is CC[C@H](C(=N)Cc1c(C)nn(-c2ccccc2)c1C)c1ccc(C/C=C/C(=O)O)cc1. The molecule has 2 aromatic carbocycles. The number of aromatic nitrogens is 2. The van der Waals surface area contributed by atoms with E-state index in [1.807, 2.05) is 54.1 Å². The number of carboxylic acids is 1. The quantitative estimate of drug-likeness (QED) is 0.361. The summed E-state index contributed by atoms with van der Waals surface area (Å²) in [6.07, 6.45) is 4.82. The summed E-state index contributed by atoms with van der Waals surface area (Å²) in [6, 6.07) is 18.2. The lowest BCUT2D eigenvalue weighted by Crippen LogP contribution is -2.14. The van der Waals surface area contributed by atoms with Crippen molar-refractivity contribution in [1.82, 2.24) is 9.78 Å². The van der Waals surface area contributed by atoms with Crippen molar-refractivity contribution in [3.8, 4) is 5.69 Å². The first-order valence-corrected chi connectivity index (χ1v) is 10.6. The molecule has 0 unspecified atom stereocenters. The van der Waals surface area contributed by atoms with E-state index < -0.39 is 5.97 Å². The average molecular weight is 416 g/mol. The van der Waals surface area contributed by atoms with Gasteiger partial charge in [-0.3, -0.25) is 0 Å². The molecule has 5 heteroatoms. The Bertz CT molecular complexity index is 1080. The van der Waals surface area contributed by atoms with Crippen molar-refractivity contribution < 1.29 is 9.90 Å². The molecule has 1 heterocycles. The summed E-state index contributed by atoms with van der Waals surface area (Å²) in [7, 11) is 0. The molecular formula is C26H29N3O2. The monoisotopic (exact) mass is 415 g/mol. The number of rotatable bonds is 9. The van der Waals surface area contributed by atoms with E-state index >= 15 is 0 Å². The van der Waals surface area contributed by atoms with Crippen LogP contribution in [0.4, 0.5) is 0 Å². The van der Waals surface area contributed by atoms with Gasteiger partial charge >= 0.3 is 5.97 Å². The summed E-state index contributed by atoms with van der Waals surface area (Å²) in [5.41, 5.74) is 7.02. The van der Waals surface area contributed by atoms with Crippen LogP contribution >= 0.6 is 0 Å². The van der Waals surface area contributed by atoms with Crippen molar-refractivity contribution in [1.29, 1.82) is 5.41 Å².